The van der Waals surface area contributed by atoms with Crippen LogP contribution in [0.2, 0.25) is 0 Å². The van der Waals surface area contributed by atoms with E-state index in [0.29, 0.717) is 22.9 Å². The normalized spacial score (nSPS) is 11.3. The summed E-state index contributed by atoms with van der Waals surface area (Å²) in [7, 11) is 3.18. The van der Waals surface area contributed by atoms with Gasteiger partial charge in [0.2, 0.25) is 0 Å². The van der Waals surface area contributed by atoms with Crippen molar-refractivity contribution in [1.29, 1.82) is 5.26 Å². The van der Waals surface area contributed by atoms with Gasteiger partial charge in [-0.15, -0.1) is 0 Å². The maximum absolute atomic E-state index is 9.48. The zero-order chi connectivity index (χ0) is 16.2. The molecule has 5 heteroatoms. The number of fused-ring (bicyclic) bond motifs is 1. The Balaban J connectivity index is 2.06. The van der Waals surface area contributed by atoms with Crippen molar-refractivity contribution in [2.75, 3.05) is 14.2 Å². The number of allylic oxidation sites excluding steroid dienone is 1. The van der Waals surface area contributed by atoms with E-state index in [9.17, 15) is 5.26 Å². The lowest BCUT2D eigenvalue weighted by molar-refractivity contribution is 0.394. The molecule has 0 spiro atoms. The number of aromatic amines is 1. The number of nitrogens with zero attached hydrogens (tertiary/aromatic N) is 2. The van der Waals surface area contributed by atoms with Gasteiger partial charge in [-0.2, -0.15) is 5.26 Å². The van der Waals surface area contributed by atoms with Crippen molar-refractivity contribution in [1.82, 2.24) is 9.97 Å². The minimum absolute atomic E-state index is 0.441. The van der Waals surface area contributed by atoms with E-state index in [1.54, 1.807) is 26.4 Å². The van der Waals surface area contributed by atoms with Crippen LogP contribution in [0.3, 0.4) is 0 Å². The van der Waals surface area contributed by atoms with E-state index in [1.165, 1.54) is 0 Å². The van der Waals surface area contributed by atoms with Crippen LogP contribution in [0.5, 0.6) is 11.5 Å². The highest BCUT2D eigenvalue weighted by atomic mass is 16.5. The Morgan fingerprint density at radius 2 is 1.83 bits per heavy atom. The van der Waals surface area contributed by atoms with Gasteiger partial charge < -0.3 is 14.5 Å². The Morgan fingerprint density at radius 1 is 1.13 bits per heavy atom. The highest BCUT2D eigenvalue weighted by Gasteiger charge is 2.08. The average molecular weight is 305 g/mol. The number of nitrogens with one attached hydrogen (secondary N) is 1. The molecule has 3 aromatic rings. The fourth-order valence-electron chi connectivity index (χ4n) is 2.31. The van der Waals surface area contributed by atoms with Crippen molar-refractivity contribution in [3.05, 3.63) is 53.9 Å². The molecule has 0 aliphatic rings. The Hall–Kier alpha value is -3.26. The highest BCUT2D eigenvalue weighted by molar-refractivity contribution is 5.90. The van der Waals surface area contributed by atoms with Crippen LogP contribution in [0.15, 0.2) is 42.5 Å². The number of imidazole rings is 1. The number of ether oxygens (including phenoxy) is 2. The molecule has 0 saturated carbocycles. The monoisotopic (exact) mass is 305 g/mol. The number of hydrogen-bond acceptors (Lipinski definition) is 4. The van der Waals surface area contributed by atoms with E-state index in [-0.39, 0.29) is 0 Å². The molecule has 0 atom stereocenters. The van der Waals surface area contributed by atoms with Gasteiger partial charge in [-0.25, -0.2) is 4.98 Å². The first-order valence-corrected chi connectivity index (χ1v) is 7.03. The molecule has 0 amide bonds. The van der Waals surface area contributed by atoms with E-state index < -0.39 is 0 Å². The molecule has 1 heterocycles. The molecule has 3 rings (SSSR count). The first-order valence-electron chi connectivity index (χ1n) is 7.03. The lowest BCUT2D eigenvalue weighted by Gasteiger charge is -2.06. The minimum Gasteiger partial charge on any atom is -0.497 e. The van der Waals surface area contributed by atoms with Gasteiger partial charge in [0.1, 0.15) is 23.4 Å². The predicted octanol–water partition coefficient (Wildman–Crippen LogP) is 3.64. The van der Waals surface area contributed by atoms with Crippen LogP contribution >= 0.6 is 0 Å². The summed E-state index contributed by atoms with van der Waals surface area (Å²) in [6, 6.07) is 15.3. The first kappa shape index (κ1) is 14.7. The summed E-state index contributed by atoms with van der Waals surface area (Å²) >= 11 is 0. The van der Waals surface area contributed by atoms with Gasteiger partial charge in [0, 0.05) is 6.07 Å². The van der Waals surface area contributed by atoms with Crippen LogP contribution in [0, 0.1) is 11.3 Å². The molecule has 0 radical (unpaired) electrons. The van der Waals surface area contributed by atoms with Crippen molar-refractivity contribution >= 4 is 22.7 Å². The molecule has 1 N–H and O–H groups in total. The molecule has 23 heavy (non-hydrogen) atoms. The third-order valence-corrected chi connectivity index (χ3v) is 3.45. The second-order valence-corrected chi connectivity index (χ2v) is 4.92. The molecule has 0 bridgehead atoms. The fourth-order valence-corrected chi connectivity index (χ4v) is 2.31. The Morgan fingerprint density at radius 3 is 2.43 bits per heavy atom. The maximum atomic E-state index is 9.48. The standard InChI is InChI=1S/C18H15N3O2/c1-22-14-8-12(9-15(10-14)23-2)7-13(11-19)18-20-16-5-3-4-6-17(16)21-18/h3-10H,1-2H3,(H,20,21)/b13-7-. The zero-order valence-electron chi connectivity index (χ0n) is 12.8. The largest absolute Gasteiger partial charge is 0.497 e. The van der Waals surface area contributed by atoms with E-state index in [0.717, 1.165) is 16.6 Å². The smallest absolute Gasteiger partial charge is 0.149 e. The van der Waals surface area contributed by atoms with Crippen molar-refractivity contribution in [3.63, 3.8) is 0 Å². The molecule has 1 aromatic heterocycles. The Kier molecular flexibility index (Phi) is 3.98. The van der Waals surface area contributed by atoms with Gasteiger partial charge in [0.05, 0.1) is 30.8 Å². The van der Waals surface area contributed by atoms with Crippen LogP contribution in [-0.4, -0.2) is 24.2 Å². The van der Waals surface area contributed by atoms with Crippen molar-refractivity contribution in [2.24, 2.45) is 0 Å². The van der Waals surface area contributed by atoms with Crippen molar-refractivity contribution in [3.8, 4) is 17.6 Å². The SMILES string of the molecule is COc1cc(/C=C(/C#N)c2nc3ccccc3[nH]2)cc(OC)c1. The topological polar surface area (TPSA) is 70.9 Å². The lowest BCUT2D eigenvalue weighted by Crippen LogP contribution is -1.89. The predicted molar refractivity (Wildman–Crippen MR) is 89.1 cm³/mol. The number of hydrogen-bond donors (Lipinski definition) is 1. The molecule has 114 valence electrons. The number of nitriles is 1. The summed E-state index contributed by atoms with van der Waals surface area (Å²) in [4.78, 5) is 7.62. The molecule has 5 nitrogen and oxygen atoms in total. The fraction of sp³-hybridized carbons (Fsp3) is 0.111. The molecule has 2 aromatic carbocycles. The van der Waals surface area contributed by atoms with Crippen LogP contribution < -0.4 is 9.47 Å². The molecule has 0 fully saturated rings. The summed E-state index contributed by atoms with van der Waals surface area (Å²) in [5.41, 5.74) is 2.97. The van der Waals surface area contributed by atoms with Crippen LogP contribution in [-0.2, 0) is 0 Å². The number of H-pyrrole nitrogens is 1. The molecule has 0 aliphatic heterocycles. The molecule has 0 saturated heterocycles. The number of methoxy groups -OCH3 is 2. The van der Waals surface area contributed by atoms with Crippen LogP contribution in [0.25, 0.3) is 22.7 Å². The van der Waals surface area contributed by atoms with Gasteiger partial charge in [-0.1, -0.05) is 12.1 Å². The van der Waals surface area contributed by atoms with Crippen molar-refractivity contribution in [2.45, 2.75) is 0 Å². The maximum Gasteiger partial charge on any atom is 0.149 e. The summed E-state index contributed by atoms with van der Waals surface area (Å²) in [6.45, 7) is 0. The number of aromatic nitrogens is 2. The van der Waals surface area contributed by atoms with E-state index in [4.69, 9.17) is 9.47 Å². The van der Waals surface area contributed by atoms with Gasteiger partial charge in [-0.05, 0) is 35.9 Å². The summed E-state index contributed by atoms with van der Waals surface area (Å²) in [6.07, 6.45) is 1.75. The molecule has 0 unspecified atom stereocenters. The summed E-state index contributed by atoms with van der Waals surface area (Å²) in [5.74, 6) is 1.87. The van der Waals surface area contributed by atoms with Crippen molar-refractivity contribution < 1.29 is 9.47 Å². The molecule has 0 aliphatic carbocycles. The first-order chi connectivity index (χ1) is 11.2. The van der Waals surface area contributed by atoms with E-state index in [2.05, 4.69) is 16.0 Å². The van der Waals surface area contributed by atoms with Gasteiger partial charge in [0.15, 0.2) is 0 Å². The van der Waals surface area contributed by atoms with Crippen LogP contribution in [0.1, 0.15) is 11.4 Å². The molecular formula is C18H15N3O2. The third-order valence-electron chi connectivity index (χ3n) is 3.45. The van der Waals surface area contributed by atoms with Gasteiger partial charge in [-0.3, -0.25) is 0 Å². The summed E-state index contributed by atoms with van der Waals surface area (Å²) in [5, 5.41) is 9.48. The van der Waals surface area contributed by atoms with E-state index in [1.807, 2.05) is 36.4 Å². The number of benzene rings is 2. The quantitative estimate of drug-likeness (QED) is 0.747. The van der Waals surface area contributed by atoms with Gasteiger partial charge in [0.25, 0.3) is 0 Å². The zero-order valence-corrected chi connectivity index (χ0v) is 12.8. The molecular weight excluding hydrogens is 290 g/mol. The van der Waals surface area contributed by atoms with Crippen LogP contribution in [0.4, 0.5) is 0 Å². The second kappa shape index (κ2) is 6.24. The number of para-hydroxylation sites is 2. The number of rotatable bonds is 4. The van der Waals surface area contributed by atoms with Gasteiger partial charge >= 0.3 is 0 Å². The average Bonchev–Trinajstić information content (AvgIpc) is 3.03. The lowest BCUT2D eigenvalue weighted by atomic mass is 10.1. The second-order valence-electron chi connectivity index (χ2n) is 4.92. The Bertz CT molecular complexity index is 864. The third kappa shape index (κ3) is 3.01. The van der Waals surface area contributed by atoms with E-state index >= 15 is 0 Å². The highest BCUT2D eigenvalue weighted by Crippen LogP contribution is 2.26. The minimum atomic E-state index is 0.441. The Labute approximate surface area is 133 Å². The summed E-state index contributed by atoms with van der Waals surface area (Å²) < 4.78 is 10.5.